The number of benzene rings is 1. The van der Waals surface area contributed by atoms with Crippen molar-refractivity contribution in [3.63, 3.8) is 0 Å². The number of hydrogen-bond acceptors (Lipinski definition) is 3. The zero-order chi connectivity index (χ0) is 20.4. The largest absolute Gasteiger partial charge is 0.480 e. The van der Waals surface area contributed by atoms with Crippen molar-refractivity contribution in [3.8, 4) is 0 Å². The van der Waals surface area contributed by atoms with Crippen LogP contribution in [0, 0.1) is 17.2 Å². The first-order valence-electron chi connectivity index (χ1n) is 9.43. The molecule has 0 aromatic heterocycles. The summed E-state index contributed by atoms with van der Waals surface area (Å²) in [5.41, 5.74) is -0.100. The summed E-state index contributed by atoms with van der Waals surface area (Å²) in [5.74, 6) is -5.18. The maximum Gasteiger partial charge on any atom is 0.326 e. The van der Waals surface area contributed by atoms with Gasteiger partial charge < -0.3 is 15.2 Å². The highest BCUT2D eigenvalue weighted by molar-refractivity contribution is 5.87. The number of hydrogen-bond donors (Lipinski definition) is 2. The Morgan fingerprint density at radius 1 is 1.18 bits per heavy atom. The Labute approximate surface area is 161 Å². The number of nitrogens with one attached hydrogen (secondary N) is 1. The molecule has 1 heterocycles. The van der Waals surface area contributed by atoms with Crippen LogP contribution in [-0.4, -0.2) is 42.2 Å². The normalized spacial score (nSPS) is 22.1. The molecule has 0 radical (unpaired) electrons. The molecule has 5 nitrogen and oxygen atoms in total. The maximum absolute atomic E-state index is 13.2. The molecule has 3 rings (SSSR count). The molecule has 0 spiro atoms. The van der Waals surface area contributed by atoms with Crippen LogP contribution in [0.3, 0.4) is 0 Å². The predicted octanol–water partition coefficient (Wildman–Crippen LogP) is 3.17. The minimum absolute atomic E-state index is 0.0141. The van der Waals surface area contributed by atoms with Crippen molar-refractivity contribution in [1.29, 1.82) is 0 Å². The number of amides is 1. The first-order valence-corrected chi connectivity index (χ1v) is 9.43. The monoisotopic (exact) mass is 399 g/mol. The molecule has 2 fully saturated rings. The van der Waals surface area contributed by atoms with Crippen LogP contribution in [0.4, 0.5) is 13.2 Å². The van der Waals surface area contributed by atoms with Gasteiger partial charge in [0.15, 0.2) is 0 Å². The summed E-state index contributed by atoms with van der Waals surface area (Å²) >= 11 is 0. The molecule has 28 heavy (non-hydrogen) atoms. The second-order valence-electron chi connectivity index (χ2n) is 7.93. The summed E-state index contributed by atoms with van der Waals surface area (Å²) in [7, 11) is 0. The first-order chi connectivity index (χ1) is 13.2. The van der Waals surface area contributed by atoms with E-state index in [-0.39, 0.29) is 25.1 Å². The summed E-state index contributed by atoms with van der Waals surface area (Å²) in [6.45, 7) is 0.725. The minimum Gasteiger partial charge on any atom is -0.480 e. The number of carbonyl (C=O) groups excluding carboxylic acids is 1. The van der Waals surface area contributed by atoms with Crippen LogP contribution in [0.15, 0.2) is 24.3 Å². The van der Waals surface area contributed by atoms with Gasteiger partial charge in [0, 0.05) is 26.1 Å². The average molecular weight is 399 g/mol. The molecule has 1 saturated carbocycles. The van der Waals surface area contributed by atoms with E-state index in [2.05, 4.69) is 5.32 Å². The lowest BCUT2D eigenvalue weighted by molar-refractivity contribution is -0.149. The van der Waals surface area contributed by atoms with Crippen molar-refractivity contribution < 1.29 is 32.6 Å². The molecule has 1 amide bonds. The van der Waals surface area contributed by atoms with E-state index in [1.54, 1.807) is 12.1 Å². The van der Waals surface area contributed by atoms with Gasteiger partial charge in [0.2, 0.25) is 11.8 Å². The van der Waals surface area contributed by atoms with E-state index in [4.69, 9.17) is 4.74 Å². The number of carboxylic acid groups (broad SMARTS) is 1. The summed E-state index contributed by atoms with van der Waals surface area (Å²) < 4.78 is 44.6. The number of aliphatic carboxylic acids is 1. The lowest BCUT2D eigenvalue weighted by atomic mass is 9.73. The van der Waals surface area contributed by atoms with E-state index in [0.29, 0.717) is 32.5 Å². The molecule has 1 saturated heterocycles. The van der Waals surface area contributed by atoms with Gasteiger partial charge >= 0.3 is 5.97 Å². The van der Waals surface area contributed by atoms with Gasteiger partial charge in [-0.05, 0) is 49.3 Å². The Kier molecular flexibility index (Phi) is 5.98. The Bertz CT molecular complexity index is 709. The lowest BCUT2D eigenvalue weighted by Crippen LogP contribution is -2.53. The fraction of sp³-hybridized carbons (Fsp3) is 0.600. The number of rotatable bonds is 7. The molecule has 2 N–H and O–H groups in total. The fourth-order valence-electron chi connectivity index (χ4n) is 4.06. The van der Waals surface area contributed by atoms with Crippen LogP contribution in [-0.2, 0) is 20.7 Å². The number of ether oxygens (including phenoxy) is 1. The Morgan fingerprint density at radius 2 is 1.79 bits per heavy atom. The Balaban J connectivity index is 1.70. The average Bonchev–Trinajstić information content (AvgIpc) is 2.62. The molecule has 1 aliphatic heterocycles. The van der Waals surface area contributed by atoms with E-state index in [1.807, 2.05) is 0 Å². The van der Waals surface area contributed by atoms with Crippen LogP contribution in [0.25, 0.3) is 0 Å². The molecule has 8 heteroatoms. The first kappa shape index (κ1) is 20.6. The third kappa shape index (κ3) is 4.84. The quantitative estimate of drug-likeness (QED) is 0.739. The SMILES string of the molecule is O=C(O)C(CC1CC(F)(F)C1)NC(=O)C1(Cc2ccc(F)cc2)CCOCC1. The molecule has 1 aromatic carbocycles. The van der Waals surface area contributed by atoms with E-state index in [1.165, 1.54) is 12.1 Å². The Hall–Kier alpha value is -2.09. The van der Waals surface area contributed by atoms with Crippen molar-refractivity contribution in [2.75, 3.05) is 13.2 Å². The molecule has 1 unspecified atom stereocenters. The van der Waals surface area contributed by atoms with Crippen molar-refractivity contribution in [2.45, 2.75) is 50.5 Å². The van der Waals surface area contributed by atoms with Crippen LogP contribution in [0.5, 0.6) is 0 Å². The number of carboxylic acids is 1. The second kappa shape index (κ2) is 8.11. The summed E-state index contributed by atoms with van der Waals surface area (Å²) in [4.78, 5) is 24.7. The zero-order valence-corrected chi connectivity index (χ0v) is 15.4. The number of halogens is 3. The van der Waals surface area contributed by atoms with Gasteiger partial charge in [0.25, 0.3) is 0 Å². The van der Waals surface area contributed by atoms with Gasteiger partial charge in [-0.3, -0.25) is 4.79 Å². The highest BCUT2D eigenvalue weighted by Crippen LogP contribution is 2.44. The molecule has 154 valence electrons. The molecule has 1 aliphatic carbocycles. The topological polar surface area (TPSA) is 75.6 Å². The van der Waals surface area contributed by atoms with Gasteiger partial charge in [-0.25, -0.2) is 18.0 Å². The van der Waals surface area contributed by atoms with Gasteiger partial charge in [-0.2, -0.15) is 0 Å². The summed E-state index contributed by atoms with van der Waals surface area (Å²) in [6.07, 6.45) is 0.437. The van der Waals surface area contributed by atoms with E-state index >= 15 is 0 Å². The molecule has 2 aliphatic rings. The van der Waals surface area contributed by atoms with E-state index in [0.717, 1.165) is 5.56 Å². The van der Waals surface area contributed by atoms with Crippen molar-refractivity contribution in [1.82, 2.24) is 5.32 Å². The summed E-state index contributed by atoms with van der Waals surface area (Å²) in [5, 5.41) is 12.0. The van der Waals surface area contributed by atoms with Gasteiger partial charge in [0.1, 0.15) is 11.9 Å². The maximum atomic E-state index is 13.2. The van der Waals surface area contributed by atoms with E-state index < -0.39 is 35.2 Å². The lowest BCUT2D eigenvalue weighted by Gasteiger charge is -2.39. The molecule has 1 atom stereocenters. The van der Waals surface area contributed by atoms with Crippen molar-refractivity contribution >= 4 is 11.9 Å². The van der Waals surface area contributed by atoms with Gasteiger partial charge in [-0.1, -0.05) is 12.1 Å². The zero-order valence-electron chi connectivity index (χ0n) is 15.4. The number of alkyl halides is 2. The number of carbonyl (C=O) groups is 2. The predicted molar refractivity (Wildman–Crippen MR) is 94.4 cm³/mol. The van der Waals surface area contributed by atoms with Crippen LogP contribution in [0.1, 0.15) is 37.7 Å². The van der Waals surface area contributed by atoms with Crippen molar-refractivity contribution in [3.05, 3.63) is 35.6 Å². The van der Waals surface area contributed by atoms with Crippen LogP contribution in [0.2, 0.25) is 0 Å². The fourth-order valence-corrected chi connectivity index (χ4v) is 4.06. The minimum atomic E-state index is -2.73. The molecular formula is C20H24F3NO4. The smallest absolute Gasteiger partial charge is 0.326 e. The summed E-state index contributed by atoms with van der Waals surface area (Å²) in [6, 6.07) is 4.63. The van der Waals surface area contributed by atoms with Crippen molar-refractivity contribution in [2.24, 2.45) is 11.3 Å². The highest BCUT2D eigenvalue weighted by atomic mass is 19.3. The van der Waals surface area contributed by atoms with Crippen LogP contribution < -0.4 is 5.32 Å². The third-order valence-electron chi connectivity index (χ3n) is 5.73. The van der Waals surface area contributed by atoms with Gasteiger partial charge in [0.05, 0.1) is 5.41 Å². The second-order valence-corrected chi connectivity index (χ2v) is 7.93. The van der Waals surface area contributed by atoms with E-state index in [9.17, 15) is 27.9 Å². The molecule has 0 bridgehead atoms. The van der Waals surface area contributed by atoms with Crippen LogP contribution >= 0.6 is 0 Å². The van der Waals surface area contributed by atoms with Gasteiger partial charge in [-0.15, -0.1) is 0 Å². The Morgan fingerprint density at radius 3 is 2.32 bits per heavy atom. The molecular weight excluding hydrogens is 375 g/mol. The molecule has 1 aromatic rings. The third-order valence-corrected chi connectivity index (χ3v) is 5.73. The standard InChI is InChI=1S/C20H24F3NO4/c21-15-3-1-13(2-4-15)10-19(5-7-28-8-6-19)18(27)24-16(17(25)26)9-14-11-20(22,23)12-14/h1-4,14,16H,5-12H2,(H,24,27)(H,25,26). The highest BCUT2D eigenvalue weighted by Gasteiger charge is 2.47.